The van der Waals surface area contributed by atoms with Crippen molar-refractivity contribution in [2.75, 3.05) is 0 Å². The first-order valence-corrected chi connectivity index (χ1v) is 8.40. The largest absolute Gasteiger partial charge is 0.347 e. The number of aromatic nitrogens is 1. The molecule has 0 saturated heterocycles. The average Bonchev–Trinajstić information content (AvgIpc) is 3.04. The molecule has 108 valence electrons. The molecule has 1 unspecified atom stereocenters. The molecule has 1 aromatic heterocycles. The standard InChI is InChI=1S/C17H23BrN2/c1-12-8-9-13(2)19(12)17-11-10-16(18)14(3)20(17)15-6-4-5-7-15/h8-11,14-15H,4-7H2,1-3H3. The van der Waals surface area contributed by atoms with Gasteiger partial charge in [-0.15, -0.1) is 0 Å². The number of nitrogens with zero attached hydrogens (tertiary/aromatic N) is 2. The quantitative estimate of drug-likeness (QED) is 0.752. The zero-order chi connectivity index (χ0) is 14.3. The van der Waals surface area contributed by atoms with Crippen molar-refractivity contribution in [1.82, 2.24) is 9.47 Å². The molecule has 1 fully saturated rings. The highest BCUT2D eigenvalue weighted by molar-refractivity contribution is 9.11. The highest BCUT2D eigenvalue weighted by atomic mass is 79.9. The number of hydrogen-bond acceptors (Lipinski definition) is 1. The smallest absolute Gasteiger partial charge is 0.113 e. The third kappa shape index (κ3) is 2.26. The van der Waals surface area contributed by atoms with Gasteiger partial charge in [0, 0.05) is 21.9 Å². The van der Waals surface area contributed by atoms with Gasteiger partial charge < -0.3 is 9.47 Å². The van der Waals surface area contributed by atoms with Crippen LogP contribution < -0.4 is 0 Å². The van der Waals surface area contributed by atoms with Crippen LogP contribution in [0.3, 0.4) is 0 Å². The number of aryl methyl sites for hydroxylation is 2. The average molecular weight is 335 g/mol. The normalized spacial score (nSPS) is 24.0. The second kappa shape index (κ2) is 5.44. The van der Waals surface area contributed by atoms with Crippen molar-refractivity contribution >= 4 is 21.8 Å². The van der Waals surface area contributed by atoms with Crippen LogP contribution in [0.5, 0.6) is 0 Å². The lowest BCUT2D eigenvalue weighted by molar-refractivity contribution is 0.249. The molecule has 1 aliphatic carbocycles. The molecule has 0 bridgehead atoms. The van der Waals surface area contributed by atoms with Gasteiger partial charge in [0.15, 0.2) is 0 Å². The van der Waals surface area contributed by atoms with Crippen LogP contribution in [0.25, 0.3) is 5.82 Å². The Labute approximate surface area is 130 Å². The molecular weight excluding hydrogens is 312 g/mol. The van der Waals surface area contributed by atoms with Gasteiger partial charge in [0.25, 0.3) is 0 Å². The highest BCUT2D eigenvalue weighted by Crippen LogP contribution is 2.36. The third-order valence-electron chi connectivity index (χ3n) is 4.69. The Morgan fingerprint density at radius 3 is 2.25 bits per heavy atom. The van der Waals surface area contributed by atoms with Crippen molar-refractivity contribution in [3.63, 3.8) is 0 Å². The lowest BCUT2D eigenvalue weighted by atomic mass is 10.1. The van der Waals surface area contributed by atoms with Crippen LogP contribution in [0, 0.1) is 13.8 Å². The zero-order valence-corrected chi connectivity index (χ0v) is 14.2. The minimum absolute atomic E-state index is 0.430. The monoisotopic (exact) mass is 334 g/mol. The summed E-state index contributed by atoms with van der Waals surface area (Å²) in [5, 5.41) is 0. The van der Waals surface area contributed by atoms with E-state index in [0.29, 0.717) is 12.1 Å². The van der Waals surface area contributed by atoms with Crippen molar-refractivity contribution in [1.29, 1.82) is 0 Å². The Morgan fingerprint density at radius 1 is 1.05 bits per heavy atom. The van der Waals surface area contributed by atoms with Crippen molar-refractivity contribution < 1.29 is 0 Å². The number of hydrogen-bond donors (Lipinski definition) is 0. The molecule has 2 aliphatic rings. The van der Waals surface area contributed by atoms with E-state index in [1.165, 1.54) is 47.4 Å². The Balaban J connectivity index is 2.05. The molecule has 1 atom stereocenters. The van der Waals surface area contributed by atoms with E-state index in [4.69, 9.17) is 0 Å². The van der Waals surface area contributed by atoms with E-state index in [1.54, 1.807) is 0 Å². The van der Waals surface area contributed by atoms with Gasteiger partial charge in [0.05, 0.1) is 6.04 Å². The molecule has 20 heavy (non-hydrogen) atoms. The van der Waals surface area contributed by atoms with Crippen molar-refractivity contribution in [2.45, 2.75) is 58.5 Å². The SMILES string of the molecule is Cc1ccc(C)n1C1=CC=C(Br)C(C)N1C1CCCC1. The molecule has 0 N–H and O–H groups in total. The van der Waals surface area contributed by atoms with Crippen LogP contribution >= 0.6 is 15.9 Å². The molecule has 0 radical (unpaired) electrons. The summed E-state index contributed by atoms with van der Waals surface area (Å²) in [7, 11) is 0. The Hall–Kier alpha value is -0.960. The number of allylic oxidation sites excluding steroid dienone is 2. The predicted molar refractivity (Wildman–Crippen MR) is 88.7 cm³/mol. The van der Waals surface area contributed by atoms with E-state index >= 15 is 0 Å². The van der Waals surface area contributed by atoms with Crippen molar-refractivity contribution in [3.8, 4) is 0 Å². The van der Waals surface area contributed by atoms with E-state index < -0.39 is 0 Å². The Bertz CT molecular complexity index is 542. The van der Waals surface area contributed by atoms with Gasteiger partial charge in [-0.05, 0) is 57.9 Å². The first-order chi connectivity index (χ1) is 9.59. The third-order valence-corrected chi connectivity index (χ3v) is 5.62. The van der Waals surface area contributed by atoms with E-state index in [2.05, 4.69) is 70.5 Å². The molecule has 1 saturated carbocycles. The lowest BCUT2D eigenvalue weighted by Crippen LogP contribution is -2.42. The van der Waals surface area contributed by atoms with Crippen LogP contribution in [-0.2, 0) is 0 Å². The minimum atomic E-state index is 0.430. The van der Waals surface area contributed by atoms with Gasteiger partial charge in [-0.3, -0.25) is 0 Å². The van der Waals surface area contributed by atoms with E-state index in [-0.39, 0.29) is 0 Å². The summed E-state index contributed by atoms with van der Waals surface area (Å²) in [6.07, 6.45) is 9.85. The molecule has 3 heteroatoms. The molecule has 3 rings (SSSR count). The molecule has 0 aromatic carbocycles. The minimum Gasteiger partial charge on any atom is -0.347 e. The Kier molecular flexibility index (Phi) is 3.80. The summed E-state index contributed by atoms with van der Waals surface area (Å²) in [6, 6.07) is 5.53. The van der Waals surface area contributed by atoms with Crippen molar-refractivity contribution in [3.05, 3.63) is 40.2 Å². The molecular formula is C17H23BrN2. The van der Waals surface area contributed by atoms with Crippen LogP contribution in [0.2, 0.25) is 0 Å². The fourth-order valence-electron chi connectivity index (χ4n) is 3.62. The highest BCUT2D eigenvalue weighted by Gasteiger charge is 2.32. The first-order valence-electron chi connectivity index (χ1n) is 7.60. The fourth-order valence-corrected chi connectivity index (χ4v) is 3.97. The maximum atomic E-state index is 3.73. The molecule has 2 heterocycles. The first kappa shape index (κ1) is 14.0. The van der Waals surface area contributed by atoms with Crippen LogP contribution in [0.1, 0.15) is 44.0 Å². The molecule has 0 amide bonds. The van der Waals surface area contributed by atoms with E-state index in [1.807, 2.05) is 0 Å². The van der Waals surface area contributed by atoms with Crippen LogP contribution in [0.4, 0.5) is 0 Å². The molecule has 2 nitrogen and oxygen atoms in total. The molecule has 1 aliphatic heterocycles. The van der Waals surface area contributed by atoms with Gasteiger partial charge in [0.2, 0.25) is 0 Å². The summed E-state index contributed by atoms with van der Waals surface area (Å²) in [5.41, 5.74) is 2.63. The summed E-state index contributed by atoms with van der Waals surface area (Å²) in [5.74, 6) is 1.34. The van der Waals surface area contributed by atoms with Gasteiger partial charge in [-0.2, -0.15) is 0 Å². The van der Waals surface area contributed by atoms with Crippen LogP contribution in [0.15, 0.2) is 28.8 Å². The second-order valence-corrected chi connectivity index (χ2v) is 6.97. The maximum absolute atomic E-state index is 3.73. The topological polar surface area (TPSA) is 8.17 Å². The van der Waals surface area contributed by atoms with Gasteiger partial charge >= 0.3 is 0 Å². The summed E-state index contributed by atoms with van der Waals surface area (Å²) >= 11 is 3.73. The van der Waals surface area contributed by atoms with Gasteiger partial charge in [-0.1, -0.05) is 28.8 Å². The second-order valence-electron chi connectivity index (χ2n) is 6.05. The fraction of sp³-hybridized carbons (Fsp3) is 0.529. The van der Waals surface area contributed by atoms with Gasteiger partial charge in [0.1, 0.15) is 5.82 Å². The zero-order valence-electron chi connectivity index (χ0n) is 12.6. The van der Waals surface area contributed by atoms with E-state index in [9.17, 15) is 0 Å². The van der Waals surface area contributed by atoms with Gasteiger partial charge in [-0.25, -0.2) is 0 Å². The maximum Gasteiger partial charge on any atom is 0.113 e. The van der Waals surface area contributed by atoms with Crippen molar-refractivity contribution in [2.24, 2.45) is 0 Å². The molecule has 0 spiro atoms. The Morgan fingerprint density at radius 2 is 1.65 bits per heavy atom. The van der Waals surface area contributed by atoms with Crippen LogP contribution in [-0.4, -0.2) is 21.6 Å². The lowest BCUT2D eigenvalue weighted by Gasteiger charge is -2.41. The molecule has 1 aromatic rings. The summed E-state index contributed by atoms with van der Waals surface area (Å²) in [6.45, 7) is 6.69. The number of rotatable bonds is 2. The summed E-state index contributed by atoms with van der Waals surface area (Å²) in [4.78, 5) is 2.62. The van der Waals surface area contributed by atoms with E-state index in [0.717, 1.165) is 0 Å². The summed E-state index contributed by atoms with van der Waals surface area (Å²) < 4.78 is 3.68. The predicted octanol–water partition coefficient (Wildman–Crippen LogP) is 4.83. The number of halogens is 1.